The molecule has 0 atom stereocenters. The molecule has 0 radical (unpaired) electrons. The Morgan fingerprint density at radius 1 is 1.58 bits per heavy atom. The van der Waals surface area contributed by atoms with Crippen molar-refractivity contribution < 1.29 is 9.90 Å². The molecule has 2 heterocycles. The Kier molecular flexibility index (Phi) is 4.16. The number of nitrogens with zero attached hydrogens (tertiary/aromatic N) is 1. The van der Waals surface area contributed by atoms with E-state index >= 15 is 0 Å². The van der Waals surface area contributed by atoms with E-state index in [1.807, 2.05) is 13.0 Å². The van der Waals surface area contributed by atoms with Gasteiger partial charge in [-0.15, -0.1) is 11.3 Å². The lowest BCUT2D eigenvalue weighted by Gasteiger charge is -2.04. The number of carboxylic acid groups (broad SMARTS) is 1. The van der Waals surface area contributed by atoms with Gasteiger partial charge >= 0.3 is 5.97 Å². The minimum Gasteiger partial charge on any atom is -0.481 e. The van der Waals surface area contributed by atoms with Crippen molar-refractivity contribution in [2.45, 2.75) is 32.7 Å². The SMILES string of the molecule is CCc1cc2c(=O)n(CCCC(=O)O)c(=S)[nH]c2s1. The Balaban J connectivity index is 2.41. The second-order valence-electron chi connectivity index (χ2n) is 4.19. The zero-order valence-electron chi connectivity index (χ0n) is 10.4. The predicted molar refractivity (Wildman–Crippen MR) is 77.5 cm³/mol. The molecule has 0 saturated heterocycles. The molecule has 2 aromatic heterocycles. The molecular weight excluding hydrogens is 284 g/mol. The molecule has 0 amide bonds. The molecule has 2 N–H and O–H groups in total. The lowest BCUT2D eigenvalue weighted by Crippen LogP contribution is -2.22. The highest BCUT2D eigenvalue weighted by atomic mass is 32.1. The molecule has 102 valence electrons. The average molecular weight is 298 g/mol. The van der Waals surface area contributed by atoms with Crippen LogP contribution in [0.4, 0.5) is 0 Å². The molecule has 2 aromatic rings. The fraction of sp³-hybridized carbons (Fsp3) is 0.417. The second kappa shape index (κ2) is 5.66. The third-order valence-electron chi connectivity index (χ3n) is 2.85. The normalized spacial score (nSPS) is 11.0. The number of nitrogens with one attached hydrogen (secondary N) is 1. The van der Waals surface area contributed by atoms with Crippen molar-refractivity contribution in [3.8, 4) is 0 Å². The highest BCUT2D eigenvalue weighted by molar-refractivity contribution is 7.71. The highest BCUT2D eigenvalue weighted by Crippen LogP contribution is 2.21. The highest BCUT2D eigenvalue weighted by Gasteiger charge is 2.09. The van der Waals surface area contributed by atoms with Crippen LogP contribution in [-0.2, 0) is 17.8 Å². The van der Waals surface area contributed by atoms with Crippen molar-refractivity contribution in [2.75, 3.05) is 0 Å². The average Bonchev–Trinajstić information content (AvgIpc) is 2.76. The summed E-state index contributed by atoms with van der Waals surface area (Å²) in [5.74, 6) is -0.868. The van der Waals surface area contributed by atoms with Gasteiger partial charge in [-0.05, 0) is 31.1 Å². The van der Waals surface area contributed by atoms with Crippen molar-refractivity contribution in [3.05, 3.63) is 26.1 Å². The standard InChI is InChI=1S/C12H14N2O3S2/c1-2-7-6-8-10(19-7)13-12(18)14(11(8)17)5-3-4-9(15)16/h6H,2-5H2,1H3,(H,13,18)(H,15,16). The molecule has 0 bridgehead atoms. The van der Waals surface area contributed by atoms with E-state index in [2.05, 4.69) is 4.98 Å². The van der Waals surface area contributed by atoms with Crippen LogP contribution >= 0.6 is 23.6 Å². The first-order chi connectivity index (χ1) is 9.02. The van der Waals surface area contributed by atoms with E-state index in [9.17, 15) is 9.59 Å². The van der Waals surface area contributed by atoms with E-state index in [4.69, 9.17) is 17.3 Å². The van der Waals surface area contributed by atoms with Crippen LogP contribution in [-0.4, -0.2) is 20.6 Å². The fourth-order valence-corrected chi connectivity index (χ4v) is 3.19. The van der Waals surface area contributed by atoms with Crippen LogP contribution in [0, 0.1) is 4.77 Å². The summed E-state index contributed by atoms with van der Waals surface area (Å²) in [7, 11) is 0. The molecule has 0 aliphatic heterocycles. The lowest BCUT2D eigenvalue weighted by atomic mass is 10.3. The van der Waals surface area contributed by atoms with Crippen LogP contribution in [0.15, 0.2) is 10.9 Å². The molecule has 0 spiro atoms. The molecule has 0 fully saturated rings. The van der Waals surface area contributed by atoms with E-state index in [1.165, 1.54) is 15.9 Å². The summed E-state index contributed by atoms with van der Waals surface area (Å²) >= 11 is 6.69. The van der Waals surface area contributed by atoms with Crippen LogP contribution in [0.25, 0.3) is 10.2 Å². The van der Waals surface area contributed by atoms with Gasteiger partial charge in [0.15, 0.2) is 4.77 Å². The maximum absolute atomic E-state index is 12.3. The van der Waals surface area contributed by atoms with Gasteiger partial charge in [-0.1, -0.05) is 6.92 Å². The molecule has 5 nitrogen and oxygen atoms in total. The van der Waals surface area contributed by atoms with Crippen LogP contribution in [0.3, 0.4) is 0 Å². The summed E-state index contributed by atoms with van der Waals surface area (Å²) in [4.78, 5) is 27.7. The van der Waals surface area contributed by atoms with Crippen LogP contribution < -0.4 is 5.56 Å². The minimum atomic E-state index is -0.868. The molecule has 0 aromatic carbocycles. The zero-order chi connectivity index (χ0) is 14.0. The number of fused-ring (bicyclic) bond motifs is 1. The third-order valence-corrected chi connectivity index (χ3v) is 4.36. The number of carbonyl (C=O) groups is 1. The molecule has 2 rings (SSSR count). The summed E-state index contributed by atoms with van der Waals surface area (Å²) in [6.45, 7) is 2.36. The summed E-state index contributed by atoms with van der Waals surface area (Å²) < 4.78 is 1.79. The first-order valence-electron chi connectivity index (χ1n) is 6.00. The summed E-state index contributed by atoms with van der Waals surface area (Å²) in [5.41, 5.74) is -0.139. The third kappa shape index (κ3) is 2.93. The molecule has 7 heteroatoms. The van der Waals surface area contributed by atoms with Crippen molar-refractivity contribution in [2.24, 2.45) is 0 Å². The van der Waals surface area contributed by atoms with E-state index in [-0.39, 0.29) is 12.0 Å². The van der Waals surface area contributed by atoms with Gasteiger partial charge in [0.1, 0.15) is 4.83 Å². The number of hydrogen-bond acceptors (Lipinski definition) is 4. The Bertz CT molecular complexity index is 727. The van der Waals surface area contributed by atoms with Gasteiger partial charge in [0.2, 0.25) is 0 Å². The topological polar surface area (TPSA) is 75.1 Å². The number of rotatable bonds is 5. The second-order valence-corrected chi connectivity index (χ2v) is 5.72. The minimum absolute atomic E-state index is 0.0309. The van der Waals surface area contributed by atoms with Crippen molar-refractivity contribution in [1.29, 1.82) is 0 Å². The Morgan fingerprint density at radius 2 is 2.32 bits per heavy atom. The van der Waals surface area contributed by atoms with Crippen molar-refractivity contribution in [1.82, 2.24) is 9.55 Å². The number of aliphatic carboxylic acids is 1. The number of aryl methyl sites for hydroxylation is 1. The van der Waals surface area contributed by atoms with E-state index in [0.717, 1.165) is 16.1 Å². The maximum atomic E-state index is 12.3. The molecule has 0 aliphatic rings. The molecular formula is C12H14N2O3S2. The van der Waals surface area contributed by atoms with Gasteiger partial charge in [0.25, 0.3) is 5.56 Å². The number of hydrogen-bond donors (Lipinski definition) is 2. The fourth-order valence-electron chi connectivity index (χ4n) is 1.86. The summed E-state index contributed by atoms with van der Waals surface area (Å²) in [6.07, 6.45) is 1.30. The smallest absolute Gasteiger partial charge is 0.303 e. The van der Waals surface area contributed by atoms with Gasteiger partial charge in [-0.3, -0.25) is 14.2 Å². The first kappa shape index (κ1) is 14.0. The quantitative estimate of drug-likeness (QED) is 0.832. The predicted octanol–water partition coefficient (Wildman–Crippen LogP) is 2.55. The zero-order valence-corrected chi connectivity index (χ0v) is 12.1. The van der Waals surface area contributed by atoms with Gasteiger partial charge in [-0.2, -0.15) is 0 Å². The van der Waals surface area contributed by atoms with Crippen molar-refractivity contribution in [3.63, 3.8) is 0 Å². The van der Waals surface area contributed by atoms with Gasteiger partial charge in [0.05, 0.1) is 5.39 Å². The van der Waals surface area contributed by atoms with Gasteiger partial charge in [-0.25, -0.2) is 0 Å². The number of aromatic nitrogens is 2. The van der Waals surface area contributed by atoms with Crippen LogP contribution in [0.5, 0.6) is 0 Å². The maximum Gasteiger partial charge on any atom is 0.303 e. The first-order valence-corrected chi connectivity index (χ1v) is 7.22. The van der Waals surface area contributed by atoms with Crippen LogP contribution in [0.2, 0.25) is 0 Å². The Labute approximate surface area is 118 Å². The summed E-state index contributed by atoms with van der Waals surface area (Å²) in [5, 5.41) is 9.25. The summed E-state index contributed by atoms with van der Waals surface area (Å²) in [6, 6.07) is 1.88. The molecule has 19 heavy (non-hydrogen) atoms. The number of thiophene rings is 1. The molecule has 0 saturated carbocycles. The lowest BCUT2D eigenvalue weighted by molar-refractivity contribution is -0.137. The van der Waals surface area contributed by atoms with E-state index in [1.54, 1.807) is 0 Å². The largest absolute Gasteiger partial charge is 0.481 e. The number of H-pyrrole nitrogens is 1. The van der Waals surface area contributed by atoms with E-state index < -0.39 is 5.97 Å². The number of aromatic amines is 1. The van der Waals surface area contributed by atoms with Gasteiger partial charge in [0, 0.05) is 17.8 Å². The Hall–Kier alpha value is -1.47. The van der Waals surface area contributed by atoms with Crippen LogP contribution in [0.1, 0.15) is 24.6 Å². The Morgan fingerprint density at radius 3 is 2.95 bits per heavy atom. The molecule has 0 unspecified atom stereocenters. The van der Waals surface area contributed by atoms with E-state index in [0.29, 0.717) is 23.1 Å². The number of carboxylic acids is 1. The van der Waals surface area contributed by atoms with Gasteiger partial charge < -0.3 is 10.1 Å². The monoisotopic (exact) mass is 298 g/mol. The molecule has 0 aliphatic carbocycles. The van der Waals surface area contributed by atoms with Crippen molar-refractivity contribution >= 4 is 39.7 Å².